The lowest BCUT2D eigenvalue weighted by Gasteiger charge is -2.35. The van der Waals surface area contributed by atoms with Gasteiger partial charge in [0.15, 0.2) is 0 Å². The zero-order valence-electron chi connectivity index (χ0n) is 16.7. The minimum absolute atomic E-state index is 0.128. The van der Waals surface area contributed by atoms with Crippen LogP contribution in [-0.2, 0) is 11.3 Å². The Morgan fingerprint density at radius 1 is 1.03 bits per heavy atom. The second-order valence-corrected chi connectivity index (χ2v) is 7.33. The Morgan fingerprint density at radius 2 is 1.79 bits per heavy atom. The van der Waals surface area contributed by atoms with Gasteiger partial charge >= 0.3 is 0 Å². The van der Waals surface area contributed by atoms with Gasteiger partial charge in [0, 0.05) is 57.7 Å². The van der Waals surface area contributed by atoms with Gasteiger partial charge in [-0.3, -0.25) is 9.69 Å². The van der Waals surface area contributed by atoms with E-state index in [4.69, 9.17) is 0 Å². The molecule has 0 aliphatic carbocycles. The quantitative estimate of drug-likeness (QED) is 0.645. The normalized spacial score (nSPS) is 14.7. The van der Waals surface area contributed by atoms with Crippen LogP contribution in [0.3, 0.4) is 0 Å². The molecular weight excluding hydrogens is 364 g/mol. The van der Waals surface area contributed by atoms with Gasteiger partial charge in [-0.15, -0.1) is 0 Å². The maximum absolute atomic E-state index is 12.7. The highest BCUT2D eigenvalue weighted by Gasteiger charge is 2.21. The van der Waals surface area contributed by atoms with Crippen LogP contribution in [0.4, 0.5) is 5.82 Å². The Labute approximate surface area is 171 Å². The summed E-state index contributed by atoms with van der Waals surface area (Å²) >= 11 is 0. The third kappa shape index (κ3) is 4.81. The predicted octanol–water partition coefficient (Wildman–Crippen LogP) is 2.05. The maximum atomic E-state index is 12.7. The molecule has 1 amide bonds. The van der Waals surface area contributed by atoms with Crippen molar-refractivity contribution in [2.75, 3.05) is 44.7 Å². The predicted molar refractivity (Wildman–Crippen MR) is 113 cm³/mol. The molecule has 0 N–H and O–H groups in total. The van der Waals surface area contributed by atoms with Gasteiger partial charge in [0.1, 0.15) is 5.82 Å². The first-order chi connectivity index (χ1) is 14.2. The number of carbonyl (C=O) groups excluding carboxylic acids is 1. The molecule has 1 aliphatic rings. The van der Waals surface area contributed by atoms with Crippen molar-refractivity contribution in [2.45, 2.75) is 6.54 Å². The molecule has 0 atom stereocenters. The van der Waals surface area contributed by atoms with E-state index in [1.54, 1.807) is 4.90 Å². The lowest BCUT2D eigenvalue weighted by atomic mass is 10.3. The number of amides is 1. The van der Waals surface area contributed by atoms with Gasteiger partial charge in [0.2, 0.25) is 5.91 Å². The topological polar surface area (TPSA) is 57.5 Å². The zero-order chi connectivity index (χ0) is 20.1. The Balaban J connectivity index is 1.27. The van der Waals surface area contributed by atoms with Crippen molar-refractivity contribution in [1.29, 1.82) is 0 Å². The van der Waals surface area contributed by atoms with Crippen molar-refractivity contribution in [3.05, 3.63) is 72.7 Å². The van der Waals surface area contributed by atoms with Crippen molar-refractivity contribution in [2.24, 2.45) is 0 Å². The average Bonchev–Trinajstić information content (AvgIpc) is 3.24. The van der Waals surface area contributed by atoms with E-state index >= 15 is 0 Å². The molecule has 0 saturated carbocycles. The van der Waals surface area contributed by atoms with Crippen LogP contribution in [-0.4, -0.2) is 70.2 Å². The molecule has 1 fully saturated rings. The number of anilines is 1. The number of hydrogen-bond acceptors (Lipinski definition) is 5. The first-order valence-corrected chi connectivity index (χ1v) is 9.90. The lowest BCUT2D eigenvalue weighted by Crippen LogP contribution is -2.49. The summed E-state index contributed by atoms with van der Waals surface area (Å²) in [6.45, 7) is 4.50. The highest BCUT2D eigenvalue weighted by atomic mass is 16.2. The third-order valence-electron chi connectivity index (χ3n) is 5.21. The van der Waals surface area contributed by atoms with E-state index in [-0.39, 0.29) is 5.91 Å². The van der Waals surface area contributed by atoms with Gasteiger partial charge in [0.05, 0.1) is 18.4 Å². The number of benzene rings is 1. The van der Waals surface area contributed by atoms with Crippen LogP contribution in [0.2, 0.25) is 0 Å². The summed E-state index contributed by atoms with van der Waals surface area (Å²) in [5.74, 6) is 1.13. The number of para-hydroxylation sites is 1. The fourth-order valence-electron chi connectivity index (χ4n) is 3.51. The Kier molecular flexibility index (Phi) is 5.86. The zero-order valence-corrected chi connectivity index (χ0v) is 16.7. The van der Waals surface area contributed by atoms with Gasteiger partial charge in [-0.2, -0.15) is 5.10 Å². The van der Waals surface area contributed by atoms with Crippen LogP contribution >= 0.6 is 0 Å². The number of carbonyl (C=O) groups is 1. The summed E-state index contributed by atoms with van der Waals surface area (Å²) < 4.78 is 1.84. The van der Waals surface area contributed by atoms with Crippen molar-refractivity contribution >= 4 is 11.7 Å². The van der Waals surface area contributed by atoms with Gasteiger partial charge in [-0.25, -0.2) is 9.67 Å². The van der Waals surface area contributed by atoms with Crippen LogP contribution in [0.5, 0.6) is 0 Å². The van der Waals surface area contributed by atoms with Crippen molar-refractivity contribution in [1.82, 2.24) is 24.6 Å². The fourth-order valence-corrected chi connectivity index (χ4v) is 3.51. The Hall–Kier alpha value is -3.19. The maximum Gasteiger partial charge on any atom is 0.236 e. The minimum atomic E-state index is 0.128. The molecule has 7 heteroatoms. The van der Waals surface area contributed by atoms with Crippen LogP contribution in [0.1, 0.15) is 5.56 Å². The summed E-state index contributed by atoms with van der Waals surface area (Å²) in [6, 6.07) is 15.9. The van der Waals surface area contributed by atoms with Gasteiger partial charge in [-0.1, -0.05) is 24.3 Å². The van der Waals surface area contributed by atoms with Crippen LogP contribution < -0.4 is 4.90 Å². The van der Waals surface area contributed by atoms with E-state index in [0.717, 1.165) is 43.2 Å². The monoisotopic (exact) mass is 390 g/mol. The van der Waals surface area contributed by atoms with Crippen molar-refractivity contribution in [3.63, 3.8) is 0 Å². The largest absolute Gasteiger partial charge is 0.354 e. The molecule has 7 nitrogen and oxygen atoms in total. The third-order valence-corrected chi connectivity index (χ3v) is 5.21. The Bertz CT molecular complexity index is 919. The average molecular weight is 390 g/mol. The number of piperazine rings is 1. The van der Waals surface area contributed by atoms with E-state index in [9.17, 15) is 4.79 Å². The lowest BCUT2D eigenvalue weighted by molar-refractivity contribution is -0.131. The highest BCUT2D eigenvalue weighted by molar-refractivity contribution is 5.78. The number of pyridine rings is 1. The summed E-state index contributed by atoms with van der Waals surface area (Å²) in [4.78, 5) is 23.3. The number of aromatic nitrogens is 3. The molecule has 1 aromatic carbocycles. The van der Waals surface area contributed by atoms with E-state index in [0.29, 0.717) is 13.1 Å². The smallest absolute Gasteiger partial charge is 0.236 e. The number of rotatable bonds is 6. The first kappa shape index (κ1) is 19.1. The first-order valence-electron chi connectivity index (χ1n) is 9.90. The molecule has 150 valence electrons. The molecule has 1 aliphatic heterocycles. The SMILES string of the molecule is CN(Cc1cnn(-c2ccccc2)c1)C(=O)CN1CCN(c2ccccn2)CC1. The van der Waals surface area contributed by atoms with Gasteiger partial charge in [0.25, 0.3) is 0 Å². The van der Waals surface area contributed by atoms with Crippen LogP contribution in [0.15, 0.2) is 67.1 Å². The summed E-state index contributed by atoms with van der Waals surface area (Å²) in [5.41, 5.74) is 2.03. The molecule has 3 heterocycles. The van der Waals surface area contributed by atoms with Gasteiger partial charge < -0.3 is 9.80 Å². The van der Waals surface area contributed by atoms with Gasteiger partial charge in [-0.05, 0) is 24.3 Å². The van der Waals surface area contributed by atoms with Crippen LogP contribution in [0.25, 0.3) is 5.69 Å². The summed E-state index contributed by atoms with van der Waals surface area (Å²) in [7, 11) is 1.85. The summed E-state index contributed by atoms with van der Waals surface area (Å²) in [5, 5.41) is 4.41. The molecular formula is C22H26N6O. The minimum Gasteiger partial charge on any atom is -0.354 e. The molecule has 0 unspecified atom stereocenters. The molecule has 2 aromatic heterocycles. The molecule has 29 heavy (non-hydrogen) atoms. The standard InChI is InChI=1S/C22H26N6O/c1-25(16-19-15-24-28(17-19)20-7-3-2-4-8-20)22(29)18-26-11-13-27(14-12-26)21-9-5-6-10-23-21/h2-10,15,17H,11-14,16,18H2,1H3. The second kappa shape index (κ2) is 8.87. The fraction of sp³-hybridized carbons (Fsp3) is 0.318. The molecule has 0 radical (unpaired) electrons. The molecule has 3 aromatic rings. The highest BCUT2D eigenvalue weighted by Crippen LogP contribution is 2.13. The van der Waals surface area contributed by atoms with Crippen LogP contribution in [0, 0.1) is 0 Å². The number of nitrogens with zero attached hydrogens (tertiary/aromatic N) is 6. The number of hydrogen-bond donors (Lipinski definition) is 0. The van der Waals surface area contributed by atoms with E-state index in [1.165, 1.54) is 0 Å². The van der Waals surface area contributed by atoms with Crippen molar-refractivity contribution in [3.8, 4) is 5.69 Å². The van der Waals surface area contributed by atoms with Crippen molar-refractivity contribution < 1.29 is 4.79 Å². The van der Waals surface area contributed by atoms with E-state index in [1.807, 2.05) is 78.9 Å². The summed E-state index contributed by atoms with van der Waals surface area (Å²) in [6.07, 6.45) is 5.62. The number of likely N-dealkylation sites (N-methyl/N-ethyl adjacent to an activating group) is 1. The molecule has 0 spiro atoms. The molecule has 4 rings (SSSR count). The Morgan fingerprint density at radius 3 is 2.52 bits per heavy atom. The molecule has 0 bridgehead atoms. The molecule has 1 saturated heterocycles. The van der Waals surface area contributed by atoms with E-state index in [2.05, 4.69) is 19.9 Å². The second-order valence-electron chi connectivity index (χ2n) is 7.33. The van der Waals surface area contributed by atoms with E-state index < -0.39 is 0 Å².